The highest BCUT2D eigenvalue weighted by molar-refractivity contribution is 5.48. The fourth-order valence-electron chi connectivity index (χ4n) is 2.89. The number of nitrogens with zero attached hydrogens (tertiary/aromatic N) is 2. The minimum Gasteiger partial charge on any atom is -0.468 e. The first-order chi connectivity index (χ1) is 10.8. The van der Waals surface area contributed by atoms with Crippen molar-refractivity contribution < 1.29 is 4.42 Å². The number of furan rings is 1. The molecule has 1 N–H and O–H groups in total. The molecule has 1 fully saturated rings. The standard InChI is InChI=1S/C18H25N3O/c1-2-20-9-11-21(12-10-20)17-7-5-16(6-8-17)14-19-15-18-4-3-13-22-18/h3-8,13,19H,2,9-12,14-15H2,1H3. The van der Waals surface area contributed by atoms with E-state index in [1.165, 1.54) is 24.3 Å². The molecule has 0 bridgehead atoms. The second kappa shape index (κ2) is 7.47. The van der Waals surface area contributed by atoms with E-state index in [0.717, 1.165) is 38.5 Å². The molecule has 1 aromatic carbocycles. The van der Waals surface area contributed by atoms with E-state index in [1.54, 1.807) is 6.26 Å². The van der Waals surface area contributed by atoms with Crippen molar-refractivity contribution in [2.75, 3.05) is 37.6 Å². The molecule has 1 aliphatic heterocycles. The van der Waals surface area contributed by atoms with E-state index >= 15 is 0 Å². The van der Waals surface area contributed by atoms with Gasteiger partial charge in [-0.1, -0.05) is 19.1 Å². The Bertz CT molecular complexity index is 542. The summed E-state index contributed by atoms with van der Waals surface area (Å²) >= 11 is 0. The Kier molecular flexibility index (Phi) is 5.14. The molecule has 0 atom stereocenters. The Hall–Kier alpha value is -1.78. The number of nitrogens with one attached hydrogen (secondary N) is 1. The van der Waals surface area contributed by atoms with Gasteiger partial charge in [0.15, 0.2) is 0 Å². The third-order valence-corrected chi connectivity index (χ3v) is 4.33. The maximum atomic E-state index is 5.31. The smallest absolute Gasteiger partial charge is 0.117 e. The van der Waals surface area contributed by atoms with Gasteiger partial charge >= 0.3 is 0 Å². The Balaban J connectivity index is 1.48. The third-order valence-electron chi connectivity index (χ3n) is 4.33. The fraction of sp³-hybridized carbons (Fsp3) is 0.444. The molecule has 1 aliphatic rings. The number of hydrogen-bond acceptors (Lipinski definition) is 4. The zero-order valence-corrected chi connectivity index (χ0v) is 13.3. The lowest BCUT2D eigenvalue weighted by Crippen LogP contribution is -2.46. The zero-order valence-electron chi connectivity index (χ0n) is 13.3. The summed E-state index contributed by atoms with van der Waals surface area (Å²) < 4.78 is 5.31. The molecule has 4 nitrogen and oxygen atoms in total. The lowest BCUT2D eigenvalue weighted by molar-refractivity contribution is 0.271. The summed E-state index contributed by atoms with van der Waals surface area (Å²) in [5, 5.41) is 3.40. The van der Waals surface area contributed by atoms with Crippen LogP contribution in [0, 0.1) is 0 Å². The van der Waals surface area contributed by atoms with Crippen molar-refractivity contribution in [3.8, 4) is 0 Å². The van der Waals surface area contributed by atoms with Gasteiger partial charge in [-0.25, -0.2) is 0 Å². The van der Waals surface area contributed by atoms with Gasteiger partial charge in [0.2, 0.25) is 0 Å². The van der Waals surface area contributed by atoms with Gasteiger partial charge in [-0.05, 0) is 36.4 Å². The average molecular weight is 299 g/mol. The number of benzene rings is 1. The monoisotopic (exact) mass is 299 g/mol. The van der Waals surface area contributed by atoms with E-state index in [-0.39, 0.29) is 0 Å². The molecule has 2 heterocycles. The molecule has 118 valence electrons. The zero-order chi connectivity index (χ0) is 15.2. The molecule has 1 aromatic heterocycles. The van der Waals surface area contributed by atoms with Crippen LogP contribution in [0.5, 0.6) is 0 Å². The van der Waals surface area contributed by atoms with Crippen LogP contribution in [0.15, 0.2) is 47.1 Å². The van der Waals surface area contributed by atoms with Gasteiger partial charge in [-0.15, -0.1) is 0 Å². The van der Waals surface area contributed by atoms with Crippen LogP contribution in [0.1, 0.15) is 18.2 Å². The lowest BCUT2D eigenvalue weighted by atomic mass is 10.1. The van der Waals surface area contributed by atoms with Crippen molar-refractivity contribution in [2.45, 2.75) is 20.0 Å². The third kappa shape index (κ3) is 3.90. The molecule has 0 aliphatic carbocycles. The molecular formula is C18H25N3O. The number of anilines is 1. The minimum absolute atomic E-state index is 0.772. The predicted molar refractivity (Wildman–Crippen MR) is 90.0 cm³/mol. The van der Waals surface area contributed by atoms with Crippen LogP contribution in [0.4, 0.5) is 5.69 Å². The maximum absolute atomic E-state index is 5.31. The number of likely N-dealkylation sites (N-methyl/N-ethyl adjacent to an activating group) is 1. The van der Waals surface area contributed by atoms with Crippen LogP contribution in [-0.4, -0.2) is 37.6 Å². The van der Waals surface area contributed by atoms with E-state index in [1.807, 2.05) is 12.1 Å². The number of piperazine rings is 1. The highest BCUT2D eigenvalue weighted by Gasteiger charge is 2.15. The largest absolute Gasteiger partial charge is 0.468 e. The second-order valence-electron chi connectivity index (χ2n) is 5.77. The lowest BCUT2D eigenvalue weighted by Gasteiger charge is -2.35. The predicted octanol–water partition coefficient (Wildman–Crippen LogP) is 2.71. The topological polar surface area (TPSA) is 31.6 Å². The van der Waals surface area contributed by atoms with Gasteiger partial charge < -0.3 is 19.5 Å². The number of rotatable bonds is 6. The van der Waals surface area contributed by atoms with E-state index in [2.05, 4.69) is 46.3 Å². The van der Waals surface area contributed by atoms with Crippen molar-refractivity contribution in [3.05, 3.63) is 54.0 Å². The van der Waals surface area contributed by atoms with Crippen LogP contribution < -0.4 is 10.2 Å². The van der Waals surface area contributed by atoms with Gasteiger partial charge in [0.1, 0.15) is 5.76 Å². The highest BCUT2D eigenvalue weighted by atomic mass is 16.3. The summed E-state index contributed by atoms with van der Waals surface area (Å²) in [5.41, 5.74) is 2.65. The summed E-state index contributed by atoms with van der Waals surface area (Å²) in [6.07, 6.45) is 1.71. The summed E-state index contributed by atoms with van der Waals surface area (Å²) in [7, 11) is 0. The van der Waals surface area contributed by atoms with E-state index in [9.17, 15) is 0 Å². The van der Waals surface area contributed by atoms with E-state index in [4.69, 9.17) is 4.42 Å². The first-order valence-electron chi connectivity index (χ1n) is 8.14. The second-order valence-corrected chi connectivity index (χ2v) is 5.77. The first kappa shape index (κ1) is 15.1. The maximum Gasteiger partial charge on any atom is 0.117 e. The molecule has 0 saturated carbocycles. The van der Waals surface area contributed by atoms with E-state index < -0.39 is 0 Å². The van der Waals surface area contributed by atoms with Crippen LogP contribution >= 0.6 is 0 Å². The molecule has 0 unspecified atom stereocenters. The molecule has 22 heavy (non-hydrogen) atoms. The molecule has 2 aromatic rings. The van der Waals surface area contributed by atoms with Gasteiger partial charge in [0.25, 0.3) is 0 Å². The fourth-order valence-corrected chi connectivity index (χ4v) is 2.89. The summed E-state index contributed by atoms with van der Waals surface area (Å²) in [6, 6.07) is 12.8. The molecule has 0 spiro atoms. The molecule has 3 rings (SSSR count). The summed E-state index contributed by atoms with van der Waals surface area (Å²) in [4.78, 5) is 4.98. The Morgan fingerprint density at radius 1 is 1.00 bits per heavy atom. The SMILES string of the molecule is CCN1CCN(c2ccc(CNCc3ccco3)cc2)CC1. The minimum atomic E-state index is 0.772. The van der Waals surface area contributed by atoms with Crippen LogP contribution in [0.2, 0.25) is 0 Å². The molecule has 1 saturated heterocycles. The highest BCUT2D eigenvalue weighted by Crippen LogP contribution is 2.17. The van der Waals surface area contributed by atoms with Crippen LogP contribution in [0.3, 0.4) is 0 Å². The number of hydrogen-bond donors (Lipinski definition) is 1. The molecule has 4 heteroatoms. The van der Waals surface area contributed by atoms with Crippen molar-refractivity contribution in [1.29, 1.82) is 0 Å². The quantitative estimate of drug-likeness (QED) is 0.889. The van der Waals surface area contributed by atoms with Gasteiger partial charge in [0.05, 0.1) is 12.8 Å². The van der Waals surface area contributed by atoms with Crippen LogP contribution in [0.25, 0.3) is 0 Å². The Morgan fingerprint density at radius 3 is 2.41 bits per heavy atom. The van der Waals surface area contributed by atoms with Crippen LogP contribution in [-0.2, 0) is 13.1 Å². The van der Waals surface area contributed by atoms with Gasteiger partial charge in [-0.3, -0.25) is 0 Å². The molecule has 0 amide bonds. The Morgan fingerprint density at radius 2 is 1.77 bits per heavy atom. The van der Waals surface area contributed by atoms with Crippen molar-refractivity contribution >= 4 is 5.69 Å². The summed E-state index contributed by atoms with van der Waals surface area (Å²) in [5.74, 6) is 0.977. The average Bonchev–Trinajstić information content (AvgIpc) is 3.09. The van der Waals surface area contributed by atoms with Crippen molar-refractivity contribution in [3.63, 3.8) is 0 Å². The molecule has 0 radical (unpaired) electrons. The van der Waals surface area contributed by atoms with Gasteiger partial charge in [-0.2, -0.15) is 0 Å². The normalized spacial score (nSPS) is 16.1. The van der Waals surface area contributed by atoms with Crippen molar-refractivity contribution in [2.24, 2.45) is 0 Å². The van der Waals surface area contributed by atoms with Crippen molar-refractivity contribution in [1.82, 2.24) is 10.2 Å². The summed E-state index contributed by atoms with van der Waals surface area (Å²) in [6.45, 7) is 9.63. The van der Waals surface area contributed by atoms with Gasteiger partial charge in [0, 0.05) is 38.4 Å². The first-order valence-corrected chi connectivity index (χ1v) is 8.14. The molecular weight excluding hydrogens is 274 g/mol. The Labute approximate surface area is 132 Å². The van der Waals surface area contributed by atoms with E-state index in [0.29, 0.717) is 0 Å².